The zero-order chi connectivity index (χ0) is 18.6. The topological polar surface area (TPSA) is 102 Å². The van der Waals surface area contributed by atoms with Gasteiger partial charge in [-0.2, -0.15) is 0 Å². The first kappa shape index (κ1) is 19.1. The molecule has 0 aromatic heterocycles. The second kappa shape index (κ2) is 8.21. The Balaban J connectivity index is 2.05. The van der Waals surface area contributed by atoms with Crippen molar-refractivity contribution in [1.82, 2.24) is 4.90 Å². The lowest BCUT2D eigenvalue weighted by Gasteiger charge is -2.44. The summed E-state index contributed by atoms with van der Waals surface area (Å²) in [5.74, 6) is -1.73. The molecule has 2 aliphatic rings. The Morgan fingerprint density at radius 1 is 1.32 bits per heavy atom. The fraction of sp³-hybridized carbons (Fsp3) is 0.438. The SMILES string of the molecule is C=CCOC(=O)O[C@H](C)C1C(=O)N2C(C(=O)OCC=C)=C(CO)SC12. The summed E-state index contributed by atoms with van der Waals surface area (Å²) in [6, 6.07) is 0. The highest BCUT2D eigenvalue weighted by molar-refractivity contribution is 8.04. The van der Waals surface area contributed by atoms with Crippen LogP contribution in [0, 0.1) is 5.92 Å². The number of aliphatic hydroxyl groups is 1. The molecule has 0 aliphatic carbocycles. The zero-order valence-corrected chi connectivity index (χ0v) is 14.5. The molecule has 9 heteroatoms. The molecular formula is C16H19NO7S. The lowest BCUT2D eigenvalue weighted by Crippen LogP contribution is -2.61. The first-order valence-electron chi connectivity index (χ1n) is 7.52. The van der Waals surface area contributed by atoms with E-state index in [1.54, 1.807) is 6.92 Å². The Labute approximate surface area is 149 Å². The van der Waals surface area contributed by atoms with Crippen molar-refractivity contribution in [3.8, 4) is 0 Å². The van der Waals surface area contributed by atoms with E-state index in [1.165, 1.54) is 28.8 Å². The van der Waals surface area contributed by atoms with E-state index in [4.69, 9.17) is 14.2 Å². The molecule has 0 aromatic carbocycles. The van der Waals surface area contributed by atoms with Gasteiger partial charge in [-0.25, -0.2) is 9.59 Å². The van der Waals surface area contributed by atoms with Crippen LogP contribution < -0.4 is 0 Å². The fourth-order valence-corrected chi connectivity index (χ4v) is 3.99. The predicted octanol–water partition coefficient (Wildman–Crippen LogP) is 1.18. The minimum atomic E-state index is -0.900. The van der Waals surface area contributed by atoms with E-state index >= 15 is 0 Å². The lowest BCUT2D eigenvalue weighted by atomic mass is 9.92. The van der Waals surface area contributed by atoms with Gasteiger partial charge in [-0.3, -0.25) is 9.69 Å². The van der Waals surface area contributed by atoms with E-state index in [0.717, 1.165) is 0 Å². The largest absolute Gasteiger partial charge is 0.508 e. The summed E-state index contributed by atoms with van der Waals surface area (Å²) in [5, 5.41) is 9.03. The molecule has 1 fully saturated rings. The Hall–Kier alpha value is -2.26. The second-order valence-corrected chi connectivity index (χ2v) is 6.44. The molecule has 2 aliphatic heterocycles. The van der Waals surface area contributed by atoms with Crippen LogP contribution in [0.4, 0.5) is 4.79 Å². The van der Waals surface area contributed by atoms with Gasteiger partial charge in [0, 0.05) is 4.91 Å². The van der Waals surface area contributed by atoms with Gasteiger partial charge in [0.25, 0.3) is 0 Å². The molecule has 1 N–H and O–H groups in total. The second-order valence-electron chi connectivity index (χ2n) is 5.23. The lowest BCUT2D eigenvalue weighted by molar-refractivity contribution is -0.158. The average molecular weight is 369 g/mol. The predicted molar refractivity (Wildman–Crippen MR) is 89.1 cm³/mol. The Bertz CT molecular complexity index is 630. The highest BCUT2D eigenvalue weighted by atomic mass is 32.2. The smallest absolute Gasteiger partial charge is 0.457 e. The molecule has 0 bridgehead atoms. The summed E-state index contributed by atoms with van der Waals surface area (Å²) in [6.45, 7) is 8.04. The van der Waals surface area contributed by atoms with Crippen LogP contribution in [-0.4, -0.2) is 59.3 Å². The van der Waals surface area contributed by atoms with Crippen LogP contribution in [-0.2, 0) is 23.8 Å². The highest BCUT2D eigenvalue weighted by Crippen LogP contribution is 2.50. The number of hydrogen-bond acceptors (Lipinski definition) is 8. The van der Waals surface area contributed by atoms with Crippen LogP contribution in [0.2, 0.25) is 0 Å². The summed E-state index contributed by atoms with van der Waals surface area (Å²) >= 11 is 1.18. The zero-order valence-electron chi connectivity index (χ0n) is 13.7. The van der Waals surface area contributed by atoms with Gasteiger partial charge in [0.2, 0.25) is 5.91 Å². The molecule has 8 nitrogen and oxygen atoms in total. The number of amides is 1. The maximum Gasteiger partial charge on any atom is 0.508 e. The number of rotatable bonds is 8. The van der Waals surface area contributed by atoms with Crippen molar-refractivity contribution in [3.05, 3.63) is 35.9 Å². The number of carbonyl (C=O) groups is 3. The van der Waals surface area contributed by atoms with Crippen LogP contribution in [0.1, 0.15) is 6.92 Å². The average Bonchev–Trinajstić information content (AvgIpc) is 2.92. The van der Waals surface area contributed by atoms with E-state index in [0.29, 0.717) is 4.91 Å². The number of nitrogens with zero attached hydrogens (tertiary/aromatic N) is 1. The van der Waals surface area contributed by atoms with Crippen molar-refractivity contribution in [2.45, 2.75) is 18.4 Å². The number of fused-ring (bicyclic) bond motifs is 1. The number of β-lactam (4-membered cyclic amide) rings is 1. The van der Waals surface area contributed by atoms with Crippen molar-refractivity contribution in [2.24, 2.45) is 5.92 Å². The van der Waals surface area contributed by atoms with E-state index in [1.807, 2.05) is 0 Å². The molecule has 136 valence electrons. The van der Waals surface area contributed by atoms with Crippen molar-refractivity contribution in [3.63, 3.8) is 0 Å². The Kier molecular flexibility index (Phi) is 6.27. The fourth-order valence-electron chi connectivity index (χ4n) is 2.53. The number of ether oxygens (including phenoxy) is 3. The monoisotopic (exact) mass is 369 g/mol. The molecule has 1 amide bonds. The van der Waals surface area contributed by atoms with Gasteiger partial charge in [-0.1, -0.05) is 37.1 Å². The van der Waals surface area contributed by atoms with Crippen molar-refractivity contribution in [1.29, 1.82) is 0 Å². The van der Waals surface area contributed by atoms with Gasteiger partial charge in [-0.05, 0) is 6.92 Å². The number of carbonyl (C=O) groups excluding carboxylic acids is 3. The number of thioether (sulfide) groups is 1. The molecule has 1 saturated heterocycles. The van der Waals surface area contributed by atoms with E-state index in [9.17, 15) is 19.5 Å². The molecule has 2 unspecified atom stereocenters. The van der Waals surface area contributed by atoms with Gasteiger partial charge in [0.15, 0.2) is 0 Å². The minimum absolute atomic E-state index is 0.00348. The summed E-state index contributed by atoms with van der Waals surface area (Å²) in [5.41, 5.74) is 0.0297. The number of hydrogen-bond donors (Lipinski definition) is 1. The van der Waals surface area contributed by atoms with Crippen LogP contribution in [0.25, 0.3) is 0 Å². The summed E-state index contributed by atoms with van der Waals surface area (Å²) in [6.07, 6.45) is 1.15. The van der Waals surface area contributed by atoms with Gasteiger partial charge >= 0.3 is 12.1 Å². The highest BCUT2D eigenvalue weighted by Gasteiger charge is 2.58. The van der Waals surface area contributed by atoms with E-state index < -0.39 is 36.1 Å². The maximum absolute atomic E-state index is 12.5. The van der Waals surface area contributed by atoms with Gasteiger partial charge in [-0.15, -0.1) is 0 Å². The summed E-state index contributed by atoms with van der Waals surface area (Å²) < 4.78 is 14.8. The third-order valence-electron chi connectivity index (χ3n) is 3.63. The molecule has 0 spiro atoms. The van der Waals surface area contributed by atoms with E-state index in [2.05, 4.69) is 13.2 Å². The third-order valence-corrected chi connectivity index (χ3v) is 4.98. The molecule has 0 aromatic rings. The maximum atomic E-state index is 12.5. The Morgan fingerprint density at radius 2 is 1.96 bits per heavy atom. The summed E-state index contributed by atoms with van der Waals surface area (Å²) in [4.78, 5) is 37.7. The van der Waals surface area contributed by atoms with Crippen LogP contribution >= 0.6 is 11.8 Å². The molecule has 0 radical (unpaired) electrons. The minimum Gasteiger partial charge on any atom is -0.457 e. The number of esters is 1. The third kappa shape index (κ3) is 3.72. The molecule has 0 saturated carbocycles. The van der Waals surface area contributed by atoms with E-state index in [-0.39, 0.29) is 24.8 Å². The first-order chi connectivity index (χ1) is 12.0. The molecule has 2 heterocycles. The standard InChI is InChI=1S/C16H19NO7S/c1-4-6-22-15(20)12-10(8-18)25-14-11(13(19)17(12)14)9(3)24-16(21)23-7-5-2/h4-5,9,11,14,18H,1-2,6-8H2,3H3/t9-,11?,14?/m1/s1. The Morgan fingerprint density at radius 3 is 2.56 bits per heavy atom. The summed E-state index contributed by atoms with van der Waals surface area (Å²) in [7, 11) is 0. The van der Waals surface area contributed by atoms with Crippen molar-refractivity contribution >= 4 is 29.8 Å². The van der Waals surface area contributed by atoms with Gasteiger partial charge < -0.3 is 19.3 Å². The molecule has 3 atom stereocenters. The van der Waals surface area contributed by atoms with Crippen molar-refractivity contribution < 1.29 is 33.7 Å². The van der Waals surface area contributed by atoms with Crippen LogP contribution in [0.3, 0.4) is 0 Å². The molecular weight excluding hydrogens is 350 g/mol. The normalized spacial score (nSPS) is 22.6. The molecule has 2 rings (SSSR count). The first-order valence-corrected chi connectivity index (χ1v) is 8.40. The van der Waals surface area contributed by atoms with Gasteiger partial charge in [0.05, 0.1) is 6.61 Å². The van der Waals surface area contributed by atoms with Crippen LogP contribution in [0.15, 0.2) is 35.9 Å². The number of aliphatic hydroxyl groups excluding tert-OH is 1. The molecule has 25 heavy (non-hydrogen) atoms. The van der Waals surface area contributed by atoms with Crippen LogP contribution in [0.5, 0.6) is 0 Å². The quantitative estimate of drug-likeness (QED) is 0.387. The van der Waals surface area contributed by atoms with Gasteiger partial charge in [0.1, 0.15) is 36.3 Å². The van der Waals surface area contributed by atoms with Crippen molar-refractivity contribution in [2.75, 3.05) is 19.8 Å².